The van der Waals surface area contributed by atoms with Crippen molar-refractivity contribution < 1.29 is 0 Å². The van der Waals surface area contributed by atoms with Gasteiger partial charge in [0.1, 0.15) is 8.39 Å². The number of rotatable bonds is 4. The first kappa shape index (κ1) is 18.9. The van der Waals surface area contributed by atoms with Crippen LogP contribution >= 0.6 is 55.0 Å². The summed E-state index contributed by atoms with van der Waals surface area (Å²) in [5.41, 5.74) is 5.59. The van der Waals surface area contributed by atoms with Gasteiger partial charge >= 0.3 is 0 Å². The molecule has 0 fully saturated rings. The van der Waals surface area contributed by atoms with Crippen LogP contribution in [-0.4, -0.2) is 24.7 Å². The van der Waals surface area contributed by atoms with E-state index < -0.39 is 0 Å². The lowest BCUT2D eigenvalue weighted by molar-refractivity contribution is 0.884. The lowest BCUT2D eigenvalue weighted by Gasteiger charge is -2.09. The number of halogens is 2. The lowest BCUT2D eigenvalue weighted by Crippen LogP contribution is -2.00. The maximum absolute atomic E-state index is 4.52. The molecule has 0 aliphatic heterocycles. The number of hydrogen-bond acceptors (Lipinski definition) is 5. The number of para-hydroxylation sites is 1. The molecule has 0 amide bonds. The number of aryl methyl sites for hydroxylation is 1. The monoisotopic (exact) mass is 523 g/mol. The van der Waals surface area contributed by atoms with Crippen LogP contribution in [0.3, 0.4) is 0 Å². The Hall–Kier alpha value is -1.42. The van der Waals surface area contributed by atoms with Crippen LogP contribution in [0, 0.1) is 20.8 Å². The van der Waals surface area contributed by atoms with Crippen LogP contribution in [-0.2, 0) is 0 Å². The lowest BCUT2D eigenvalue weighted by atomic mass is 10.1. The van der Waals surface area contributed by atoms with Crippen molar-refractivity contribution in [3.05, 3.63) is 55.5 Å². The molecular weight excluding hydrogens is 510 g/mol. The van der Waals surface area contributed by atoms with Crippen LogP contribution in [0.5, 0.6) is 0 Å². The summed E-state index contributed by atoms with van der Waals surface area (Å²) in [7, 11) is 0. The number of thiazole rings is 1. The first-order valence-electron chi connectivity index (χ1n) is 8.12. The van der Waals surface area contributed by atoms with Crippen molar-refractivity contribution in [2.75, 3.05) is 0 Å². The van der Waals surface area contributed by atoms with Crippen LogP contribution in [0.15, 0.2) is 48.2 Å². The van der Waals surface area contributed by atoms with Crippen molar-refractivity contribution in [3.63, 3.8) is 0 Å². The van der Waals surface area contributed by atoms with Crippen molar-refractivity contribution in [2.45, 2.75) is 30.3 Å². The minimum absolute atomic E-state index is 0.772. The van der Waals surface area contributed by atoms with E-state index in [1.54, 1.807) is 11.3 Å². The van der Waals surface area contributed by atoms with Gasteiger partial charge in [0.15, 0.2) is 10.2 Å². The van der Waals surface area contributed by atoms with Gasteiger partial charge in [-0.25, -0.2) is 4.98 Å². The molecule has 0 aliphatic carbocycles. The summed E-state index contributed by atoms with van der Waals surface area (Å²) in [6, 6.07) is 10.2. The van der Waals surface area contributed by atoms with E-state index in [9.17, 15) is 0 Å². The van der Waals surface area contributed by atoms with E-state index in [1.165, 1.54) is 22.9 Å². The van der Waals surface area contributed by atoms with Crippen molar-refractivity contribution >= 4 is 55.0 Å². The van der Waals surface area contributed by atoms with Gasteiger partial charge in [-0.2, -0.15) is 0 Å². The Morgan fingerprint density at radius 3 is 2.37 bits per heavy atom. The zero-order valence-corrected chi connectivity index (χ0v) is 19.6. The summed E-state index contributed by atoms with van der Waals surface area (Å²) in [5, 5.41) is 9.77. The molecule has 0 radical (unpaired) electrons. The number of aromatic nitrogens is 5. The Morgan fingerprint density at radius 2 is 1.78 bits per heavy atom. The van der Waals surface area contributed by atoms with E-state index in [1.807, 2.05) is 18.2 Å². The highest BCUT2D eigenvalue weighted by atomic mass is 79.9. The Balaban J connectivity index is 1.87. The normalized spacial score (nSPS) is 11.3. The highest BCUT2D eigenvalue weighted by molar-refractivity contribution is 9.13. The van der Waals surface area contributed by atoms with Gasteiger partial charge < -0.3 is 4.98 Å². The molecule has 0 unspecified atom stereocenters. The summed E-state index contributed by atoms with van der Waals surface area (Å²) in [4.78, 5) is 7.99. The smallest absolute Gasteiger partial charge is 0.203 e. The van der Waals surface area contributed by atoms with Crippen LogP contribution in [0.25, 0.3) is 17.2 Å². The standard InChI is InChI=1S/C18H15Br2N5S2/c1-9-10(2)13(21-11(9)3)16-23-24-17(25(16)12-7-5-4-6-8-12)27-18-22-14(19)15(20)26-18/h4-8,21H,1-3H3. The second-order valence-corrected chi connectivity index (χ2v) is 10.3. The van der Waals surface area contributed by atoms with Crippen LogP contribution < -0.4 is 0 Å². The fraction of sp³-hybridized carbons (Fsp3) is 0.167. The summed E-state index contributed by atoms with van der Waals surface area (Å²) in [6.07, 6.45) is 0. The molecule has 0 aliphatic rings. The van der Waals surface area contributed by atoms with E-state index in [0.29, 0.717) is 0 Å². The summed E-state index contributed by atoms with van der Waals surface area (Å²) in [5.74, 6) is 0.798. The number of nitrogens with one attached hydrogen (secondary N) is 1. The third-order valence-corrected chi connectivity index (χ3v) is 8.47. The van der Waals surface area contributed by atoms with Crippen molar-refractivity contribution in [3.8, 4) is 17.2 Å². The minimum Gasteiger partial charge on any atom is -0.356 e. The molecule has 0 bridgehead atoms. The van der Waals surface area contributed by atoms with Gasteiger partial charge in [0.25, 0.3) is 0 Å². The SMILES string of the molecule is Cc1[nH]c(-c2nnc(Sc3nc(Br)c(Br)s3)n2-c2ccccc2)c(C)c1C. The van der Waals surface area contributed by atoms with Gasteiger partial charge in [-0.05, 0) is 87.7 Å². The average molecular weight is 525 g/mol. The van der Waals surface area contributed by atoms with Crippen molar-refractivity contribution in [2.24, 2.45) is 0 Å². The van der Waals surface area contributed by atoms with Gasteiger partial charge in [0.2, 0.25) is 5.16 Å². The number of H-pyrrole nitrogens is 1. The van der Waals surface area contributed by atoms with Gasteiger partial charge in [-0.3, -0.25) is 4.57 Å². The third kappa shape index (κ3) is 3.53. The maximum Gasteiger partial charge on any atom is 0.203 e. The average Bonchev–Trinajstić information content (AvgIpc) is 3.29. The van der Waals surface area contributed by atoms with Crippen LogP contribution in [0.4, 0.5) is 0 Å². The third-order valence-electron chi connectivity index (χ3n) is 4.39. The topological polar surface area (TPSA) is 59.4 Å². The summed E-state index contributed by atoms with van der Waals surface area (Å²) in [6.45, 7) is 6.31. The molecule has 0 atom stereocenters. The molecule has 4 rings (SSSR count). The second kappa shape index (κ2) is 7.54. The number of nitrogens with zero attached hydrogens (tertiary/aromatic N) is 4. The van der Waals surface area contributed by atoms with E-state index in [4.69, 9.17) is 0 Å². The highest BCUT2D eigenvalue weighted by Gasteiger charge is 2.22. The van der Waals surface area contributed by atoms with E-state index in [-0.39, 0.29) is 0 Å². The van der Waals surface area contributed by atoms with Crippen molar-refractivity contribution in [1.82, 2.24) is 24.7 Å². The molecule has 138 valence electrons. The molecule has 1 aromatic carbocycles. The maximum atomic E-state index is 4.52. The molecule has 3 aromatic heterocycles. The first-order chi connectivity index (χ1) is 13.0. The Bertz CT molecular complexity index is 1100. The summed E-state index contributed by atoms with van der Waals surface area (Å²) >= 11 is 10.0. The Morgan fingerprint density at radius 1 is 1.04 bits per heavy atom. The molecule has 3 heterocycles. The minimum atomic E-state index is 0.772. The largest absolute Gasteiger partial charge is 0.356 e. The van der Waals surface area contributed by atoms with Crippen LogP contribution in [0.1, 0.15) is 16.8 Å². The summed E-state index contributed by atoms with van der Waals surface area (Å²) < 4.78 is 4.72. The molecular formula is C18H15Br2N5S2. The fourth-order valence-electron chi connectivity index (χ4n) is 2.76. The molecule has 4 aromatic rings. The molecule has 9 heteroatoms. The second-order valence-electron chi connectivity index (χ2n) is 6.00. The predicted octanol–water partition coefficient (Wildman–Crippen LogP) is 6.32. The first-order valence-corrected chi connectivity index (χ1v) is 11.3. The van der Waals surface area contributed by atoms with E-state index in [2.05, 4.69) is 89.5 Å². The predicted molar refractivity (Wildman–Crippen MR) is 117 cm³/mol. The molecule has 0 saturated carbocycles. The molecule has 27 heavy (non-hydrogen) atoms. The zero-order valence-electron chi connectivity index (χ0n) is 14.7. The molecule has 1 N–H and O–H groups in total. The quantitative estimate of drug-likeness (QED) is 0.339. The zero-order chi connectivity index (χ0) is 19.1. The molecule has 0 spiro atoms. The Labute approximate surface area is 181 Å². The van der Waals surface area contributed by atoms with E-state index in [0.717, 1.165) is 40.8 Å². The van der Waals surface area contributed by atoms with Gasteiger partial charge in [-0.1, -0.05) is 29.5 Å². The Kier molecular flexibility index (Phi) is 5.28. The molecule has 5 nitrogen and oxygen atoms in total. The molecule has 0 saturated heterocycles. The van der Waals surface area contributed by atoms with Gasteiger partial charge in [-0.15, -0.1) is 10.2 Å². The number of aromatic amines is 1. The van der Waals surface area contributed by atoms with Crippen molar-refractivity contribution in [1.29, 1.82) is 0 Å². The van der Waals surface area contributed by atoms with Gasteiger partial charge in [0.05, 0.1) is 5.69 Å². The number of hydrogen-bond donors (Lipinski definition) is 1. The number of benzene rings is 1. The van der Waals surface area contributed by atoms with E-state index >= 15 is 0 Å². The van der Waals surface area contributed by atoms with Gasteiger partial charge in [0, 0.05) is 11.4 Å². The van der Waals surface area contributed by atoms with Crippen LogP contribution in [0.2, 0.25) is 0 Å². The fourth-order valence-corrected chi connectivity index (χ4v) is 6.01. The highest BCUT2D eigenvalue weighted by Crippen LogP contribution is 2.39.